The molecule has 8 atom stereocenters. The molecule has 4 nitrogen and oxygen atoms in total. The second kappa shape index (κ2) is 11.3. The largest absolute Gasteiger partial charge is 0.460 e. The van der Waals surface area contributed by atoms with Gasteiger partial charge in [-0.25, -0.2) is 9.59 Å². The van der Waals surface area contributed by atoms with E-state index in [1.807, 2.05) is 13.0 Å². The fourth-order valence-corrected chi connectivity index (χ4v) is 9.46. The van der Waals surface area contributed by atoms with E-state index >= 15 is 0 Å². The topological polar surface area (TPSA) is 52.6 Å². The van der Waals surface area contributed by atoms with Crippen molar-refractivity contribution in [2.45, 2.75) is 119 Å². The standard InChI is InChI=1S/C33H52O4/c1-8-9-22(4)31(35)36-20-30(34)37-25-14-16-32(6)24(19-25)10-11-26-28-13-12-27(23(5)18-21(2)3)33(28,7)17-15-29(26)32/h9-10,21,23,25-29H,8,11-20H2,1-7H3/b22-9-. The van der Waals surface area contributed by atoms with Crippen molar-refractivity contribution in [3.63, 3.8) is 0 Å². The highest BCUT2D eigenvalue weighted by Crippen LogP contribution is 2.67. The molecule has 3 saturated carbocycles. The number of allylic oxidation sites excluding steroid dienone is 2. The summed E-state index contributed by atoms with van der Waals surface area (Å²) in [6.45, 7) is 15.8. The first-order valence-electron chi connectivity index (χ1n) is 15.2. The van der Waals surface area contributed by atoms with Gasteiger partial charge in [0.2, 0.25) is 0 Å². The Morgan fingerprint density at radius 3 is 2.54 bits per heavy atom. The summed E-state index contributed by atoms with van der Waals surface area (Å²) in [6.07, 6.45) is 16.0. The highest BCUT2D eigenvalue weighted by molar-refractivity contribution is 5.89. The number of ether oxygens (including phenoxy) is 2. The third kappa shape index (κ3) is 5.59. The molecule has 0 aromatic carbocycles. The molecule has 37 heavy (non-hydrogen) atoms. The van der Waals surface area contributed by atoms with Crippen molar-refractivity contribution in [1.82, 2.24) is 0 Å². The Morgan fingerprint density at radius 1 is 1.08 bits per heavy atom. The minimum absolute atomic E-state index is 0.101. The molecule has 0 heterocycles. The average Bonchev–Trinajstić information content (AvgIpc) is 3.20. The lowest BCUT2D eigenvalue weighted by Gasteiger charge is -2.58. The van der Waals surface area contributed by atoms with E-state index in [2.05, 4.69) is 40.7 Å². The van der Waals surface area contributed by atoms with Crippen LogP contribution < -0.4 is 0 Å². The molecule has 3 fully saturated rings. The number of hydrogen-bond acceptors (Lipinski definition) is 4. The Labute approximate surface area is 226 Å². The van der Waals surface area contributed by atoms with Crippen molar-refractivity contribution in [2.75, 3.05) is 6.61 Å². The van der Waals surface area contributed by atoms with Crippen molar-refractivity contribution >= 4 is 11.9 Å². The molecule has 4 aliphatic rings. The number of fused-ring (bicyclic) bond motifs is 5. The molecule has 8 unspecified atom stereocenters. The summed E-state index contributed by atoms with van der Waals surface area (Å²) >= 11 is 0. The van der Waals surface area contributed by atoms with Crippen LogP contribution in [0.4, 0.5) is 0 Å². The molecule has 0 aromatic heterocycles. The molecular formula is C33H52O4. The molecule has 0 bridgehead atoms. The SMILES string of the molecule is CC/C=C(/C)C(=O)OCC(=O)OC1CCC2(C)C(=CCC3C2CCC2(C)C(C(C)CC(C)C)CCC32)C1. The van der Waals surface area contributed by atoms with E-state index in [0.717, 1.165) is 61.2 Å². The van der Waals surface area contributed by atoms with Crippen LogP contribution in [0.5, 0.6) is 0 Å². The summed E-state index contributed by atoms with van der Waals surface area (Å²) in [6, 6.07) is 0. The lowest BCUT2D eigenvalue weighted by molar-refractivity contribution is -0.162. The second-order valence-corrected chi connectivity index (χ2v) is 13.8. The summed E-state index contributed by atoms with van der Waals surface area (Å²) in [7, 11) is 0. The van der Waals surface area contributed by atoms with Gasteiger partial charge in [-0.3, -0.25) is 0 Å². The summed E-state index contributed by atoms with van der Waals surface area (Å²) < 4.78 is 10.9. The van der Waals surface area contributed by atoms with E-state index in [-0.39, 0.29) is 18.1 Å². The van der Waals surface area contributed by atoms with Crippen LogP contribution in [0.15, 0.2) is 23.3 Å². The highest BCUT2D eigenvalue weighted by atomic mass is 16.6. The van der Waals surface area contributed by atoms with E-state index in [4.69, 9.17) is 9.47 Å². The smallest absolute Gasteiger partial charge is 0.344 e. The van der Waals surface area contributed by atoms with E-state index < -0.39 is 11.9 Å². The van der Waals surface area contributed by atoms with Crippen LogP contribution >= 0.6 is 0 Å². The van der Waals surface area contributed by atoms with E-state index in [0.29, 0.717) is 11.0 Å². The van der Waals surface area contributed by atoms with Gasteiger partial charge in [-0.05, 0) is 111 Å². The number of esters is 2. The van der Waals surface area contributed by atoms with Crippen LogP contribution in [0.3, 0.4) is 0 Å². The lowest BCUT2D eigenvalue weighted by Crippen LogP contribution is -2.51. The lowest BCUT2D eigenvalue weighted by atomic mass is 9.47. The predicted octanol–water partition coefficient (Wildman–Crippen LogP) is 8.06. The van der Waals surface area contributed by atoms with Gasteiger partial charge in [0, 0.05) is 12.0 Å². The molecule has 208 valence electrons. The maximum absolute atomic E-state index is 12.4. The zero-order valence-electron chi connectivity index (χ0n) is 24.6. The normalized spacial score (nSPS) is 38.2. The number of rotatable bonds is 8. The fourth-order valence-electron chi connectivity index (χ4n) is 9.46. The van der Waals surface area contributed by atoms with E-state index in [1.54, 1.807) is 6.92 Å². The maximum atomic E-state index is 12.4. The van der Waals surface area contributed by atoms with Gasteiger partial charge >= 0.3 is 11.9 Å². The maximum Gasteiger partial charge on any atom is 0.344 e. The molecule has 0 aliphatic heterocycles. The summed E-state index contributed by atoms with van der Waals surface area (Å²) in [5.41, 5.74) is 2.80. The number of hydrogen-bond donors (Lipinski definition) is 0. The molecule has 4 rings (SSSR count). The summed E-state index contributed by atoms with van der Waals surface area (Å²) in [5.74, 6) is 4.05. The zero-order valence-corrected chi connectivity index (χ0v) is 24.6. The molecule has 0 saturated heterocycles. The van der Waals surface area contributed by atoms with Crippen molar-refractivity contribution in [3.05, 3.63) is 23.3 Å². The highest BCUT2D eigenvalue weighted by Gasteiger charge is 2.59. The van der Waals surface area contributed by atoms with Gasteiger partial charge in [-0.15, -0.1) is 0 Å². The molecule has 4 aliphatic carbocycles. The summed E-state index contributed by atoms with van der Waals surface area (Å²) in [4.78, 5) is 24.4. The van der Waals surface area contributed by atoms with Crippen LogP contribution in [0.25, 0.3) is 0 Å². The Bertz CT molecular complexity index is 915. The van der Waals surface area contributed by atoms with Gasteiger partial charge in [-0.2, -0.15) is 0 Å². The van der Waals surface area contributed by atoms with Gasteiger partial charge in [-0.1, -0.05) is 59.3 Å². The fraction of sp³-hybridized carbons (Fsp3) is 0.818. The second-order valence-electron chi connectivity index (χ2n) is 13.8. The first-order chi connectivity index (χ1) is 17.5. The van der Waals surface area contributed by atoms with Crippen LogP contribution in [0.1, 0.15) is 113 Å². The van der Waals surface area contributed by atoms with Gasteiger partial charge < -0.3 is 9.47 Å². The van der Waals surface area contributed by atoms with Crippen molar-refractivity contribution in [3.8, 4) is 0 Å². The third-order valence-electron chi connectivity index (χ3n) is 11.1. The molecular weight excluding hydrogens is 460 g/mol. The van der Waals surface area contributed by atoms with Crippen LogP contribution in [-0.2, 0) is 19.1 Å². The molecule has 0 spiro atoms. The molecule has 0 N–H and O–H groups in total. The Morgan fingerprint density at radius 2 is 1.84 bits per heavy atom. The number of carbonyl (C=O) groups excluding carboxylic acids is 2. The van der Waals surface area contributed by atoms with E-state index in [9.17, 15) is 9.59 Å². The predicted molar refractivity (Wildman–Crippen MR) is 149 cm³/mol. The Kier molecular flexibility index (Phi) is 8.65. The van der Waals surface area contributed by atoms with Gasteiger partial charge in [0.15, 0.2) is 6.61 Å². The zero-order chi connectivity index (χ0) is 27.0. The van der Waals surface area contributed by atoms with Gasteiger partial charge in [0.05, 0.1) is 0 Å². The minimum Gasteiger partial charge on any atom is -0.460 e. The summed E-state index contributed by atoms with van der Waals surface area (Å²) in [5, 5.41) is 0. The van der Waals surface area contributed by atoms with Crippen molar-refractivity contribution in [1.29, 1.82) is 0 Å². The molecule has 0 aromatic rings. The van der Waals surface area contributed by atoms with Crippen molar-refractivity contribution in [2.24, 2.45) is 46.3 Å². The van der Waals surface area contributed by atoms with Crippen LogP contribution in [0, 0.1) is 46.3 Å². The van der Waals surface area contributed by atoms with Crippen LogP contribution in [-0.4, -0.2) is 24.6 Å². The Balaban J connectivity index is 1.38. The number of carbonyl (C=O) groups is 2. The van der Waals surface area contributed by atoms with Gasteiger partial charge in [0.1, 0.15) is 6.10 Å². The van der Waals surface area contributed by atoms with Crippen molar-refractivity contribution < 1.29 is 19.1 Å². The van der Waals surface area contributed by atoms with Crippen LogP contribution in [0.2, 0.25) is 0 Å². The first-order valence-corrected chi connectivity index (χ1v) is 15.2. The van der Waals surface area contributed by atoms with Gasteiger partial charge in [0.25, 0.3) is 0 Å². The van der Waals surface area contributed by atoms with E-state index in [1.165, 1.54) is 44.1 Å². The minimum atomic E-state index is -0.437. The molecule has 0 amide bonds. The average molecular weight is 513 g/mol. The first kappa shape index (κ1) is 28.4. The third-order valence-corrected chi connectivity index (χ3v) is 11.1. The monoisotopic (exact) mass is 512 g/mol. The quantitative estimate of drug-likeness (QED) is 0.187. The Hall–Kier alpha value is -1.58. The molecule has 0 radical (unpaired) electrons. The molecule has 4 heteroatoms.